The van der Waals surface area contributed by atoms with Crippen LogP contribution in [0.3, 0.4) is 0 Å². The summed E-state index contributed by atoms with van der Waals surface area (Å²) in [6, 6.07) is 0. The zero-order valence-corrected chi connectivity index (χ0v) is 9.62. The van der Waals surface area contributed by atoms with Crippen LogP contribution in [0.4, 0.5) is 0 Å². The number of hydrogen-bond acceptors (Lipinski definition) is 2. The molecule has 0 aromatic carbocycles. The highest BCUT2D eigenvalue weighted by Gasteiger charge is 1.94. The molecule has 0 atom stereocenters. The lowest BCUT2D eigenvalue weighted by molar-refractivity contribution is 0.318. The van der Waals surface area contributed by atoms with Crippen LogP contribution in [0.15, 0.2) is 35.6 Å². The number of rotatable bonds is 0. The maximum atomic E-state index is 9.11. The fraction of sp³-hybridized carbons (Fsp3) is 0.500. The van der Waals surface area contributed by atoms with Crippen molar-refractivity contribution in [2.45, 2.75) is 34.1 Å². The van der Waals surface area contributed by atoms with Gasteiger partial charge >= 0.3 is 0 Å². The van der Waals surface area contributed by atoms with Crippen molar-refractivity contribution in [3.8, 4) is 0 Å². The minimum Gasteiger partial charge on any atom is -0.508 e. The Labute approximate surface area is 87.3 Å². The van der Waals surface area contributed by atoms with Crippen LogP contribution >= 0.6 is 0 Å². The SMILES string of the molecule is CC.CC1=C(O)C=CC=CC1.CCO. The van der Waals surface area contributed by atoms with E-state index in [-0.39, 0.29) is 6.61 Å². The Hall–Kier alpha value is -1.02. The van der Waals surface area contributed by atoms with Crippen molar-refractivity contribution < 1.29 is 10.2 Å². The standard InChI is InChI=1S/C8H10O.C2H6O.C2H6/c1-7-5-3-2-4-6-8(7)9;1-2-3;1-2/h2-4,6,9H,5H2,1H3;3H,2H2,1H3;1-2H3. The minimum atomic E-state index is 0.250. The van der Waals surface area contributed by atoms with E-state index in [0.717, 1.165) is 12.0 Å². The van der Waals surface area contributed by atoms with Gasteiger partial charge in [0.25, 0.3) is 0 Å². The largest absolute Gasteiger partial charge is 0.508 e. The van der Waals surface area contributed by atoms with Gasteiger partial charge in [-0.15, -0.1) is 0 Å². The second-order valence-corrected chi connectivity index (χ2v) is 2.47. The molecule has 0 spiro atoms. The predicted molar refractivity (Wildman–Crippen MR) is 62.3 cm³/mol. The molecule has 0 aliphatic heterocycles. The lowest BCUT2D eigenvalue weighted by Crippen LogP contribution is -1.79. The average molecular weight is 198 g/mol. The summed E-state index contributed by atoms with van der Waals surface area (Å²) in [5.74, 6) is 0.403. The third kappa shape index (κ3) is 9.07. The summed E-state index contributed by atoms with van der Waals surface area (Å²) in [5, 5.41) is 16.7. The van der Waals surface area contributed by atoms with Gasteiger partial charge in [-0.25, -0.2) is 0 Å². The molecule has 0 heterocycles. The smallest absolute Gasteiger partial charge is 0.114 e. The molecule has 2 nitrogen and oxygen atoms in total. The monoisotopic (exact) mass is 198 g/mol. The molecular weight excluding hydrogens is 176 g/mol. The van der Waals surface area contributed by atoms with E-state index in [4.69, 9.17) is 10.2 Å². The molecule has 0 saturated carbocycles. The summed E-state index contributed by atoms with van der Waals surface area (Å²) in [5.41, 5.74) is 1.03. The molecule has 0 aromatic heterocycles. The number of aliphatic hydroxyl groups excluding tert-OH is 2. The van der Waals surface area contributed by atoms with Crippen LogP contribution in [-0.2, 0) is 0 Å². The Bertz CT molecular complexity index is 200. The fourth-order valence-electron chi connectivity index (χ4n) is 0.717. The first-order valence-corrected chi connectivity index (χ1v) is 5.05. The van der Waals surface area contributed by atoms with Gasteiger partial charge in [0.1, 0.15) is 5.76 Å². The molecule has 82 valence electrons. The van der Waals surface area contributed by atoms with Gasteiger partial charge in [0.15, 0.2) is 0 Å². The predicted octanol–water partition coefficient (Wildman–Crippen LogP) is 3.36. The van der Waals surface area contributed by atoms with E-state index in [2.05, 4.69) is 0 Å². The minimum absolute atomic E-state index is 0.250. The first kappa shape index (κ1) is 15.5. The van der Waals surface area contributed by atoms with Crippen molar-refractivity contribution in [3.63, 3.8) is 0 Å². The molecule has 0 aromatic rings. The second kappa shape index (κ2) is 12.0. The van der Waals surface area contributed by atoms with Gasteiger partial charge in [0, 0.05) is 6.61 Å². The molecule has 0 saturated heterocycles. The number of allylic oxidation sites excluding steroid dienone is 5. The summed E-state index contributed by atoms with van der Waals surface area (Å²) in [6.45, 7) is 7.86. The lowest BCUT2D eigenvalue weighted by Gasteiger charge is -1.94. The van der Waals surface area contributed by atoms with Crippen molar-refractivity contribution in [3.05, 3.63) is 35.6 Å². The molecule has 0 radical (unpaired) electrons. The van der Waals surface area contributed by atoms with Crippen LogP contribution in [0, 0.1) is 0 Å². The molecule has 2 heteroatoms. The van der Waals surface area contributed by atoms with Gasteiger partial charge in [-0.2, -0.15) is 0 Å². The van der Waals surface area contributed by atoms with Crippen LogP contribution in [0.5, 0.6) is 0 Å². The van der Waals surface area contributed by atoms with Crippen molar-refractivity contribution in [2.24, 2.45) is 0 Å². The van der Waals surface area contributed by atoms with E-state index in [1.165, 1.54) is 0 Å². The van der Waals surface area contributed by atoms with Crippen molar-refractivity contribution in [2.75, 3.05) is 6.61 Å². The van der Waals surface area contributed by atoms with Gasteiger partial charge in [-0.3, -0.25) is 0 Å². The van der Waals surface area contributed by atoms with Gasteiger partial charge < -0.3 is 10.2 Å². The normalized spacial score (nSPS) is 13.5. The molecule has 0 amide bonds. The highest BCUT2D eigenvalue weighted by molar-refractivity contribution is 5.26. The van der Waals surface area contributed by atoms with Gasteiger partial charge in [0.2, 0.25) is 0 Å². The van der Waals surface area contributed by atoms with Crippen molar-refractivity contribution in [1.82, 2.24) is 0 Å². The molecule has 14 heavy (non-hydrogen) atoms. The summed E-state index contributed by atoms with van der Waals surface area (Å²) < 4.78 is 0. The molecule has 0 fully saturated rings. The Balaban J connectivity index is 0. The van der Waals surface area contributed by atoms with Gasteiger partial charge in [-0.05, 0) is 31.9 Å². The van der Waals surface area contributed by atoms with Crippen molar-refractivity contribution in [1.29, 1.82) is 0 Å². The van der Waals surface area contributed by atoms with Crippen LogP contribution in [0.2, 0.25) is 0 Å². The molecular formula is C12H22O2. The Morgan fingerprint density at radius 2 is 1.79 bits per heavy atom. The van der Waals surface area contributed by atoms with Gasteiger partial charge in [-0.1, -0.05) is 32.1 Å². The maximum Gasteiger partial charge on any atom is 0.114 e. The van der Waals surface area contributed by atoms with Crippen LogP contribution in [0.1, 0.15) is 34.1 Å². The van der Waals surface area contributed by atoms with E-state index in [1.54, 1.807) is 13.0 Å². The van der Waals surface area contributed by atoms with Crippen LogP contribution in [0.25, 0.3) is 0 Å². The Morgan fingerprint density at radius 1 is 1.29 bits per heavy atom. The zero-order chi connectivity index (χ0) is 11.4. The average Bonchev–Trinajstić information content (AvgIpc) is 2.37. The third-order valence-electron chi connectivity index (χ3n) is 1.36. The van der Waals surface area contributed by atoms with E-state index >= 15 is 0 Å². The highest BCUT2D eigenvalue weighted by atomic mass is 16.3. The Kier molecular flexibility index (Phi) is 13.2. The molecule has 2 N–H and O–H groups in total. The molecule has 0 unspecified atom stereocenters. The summed E-state index contributed by atoms with van der Waals surface area (Å²) >= 11 is 0. The molecule has 0 bridgehead atoms. The van der Waals surface area contributed by atoms with Crippen LogP contribution in [-0.4, -0.2) is 16.8 Å². The first-order chi connectivity index (χ1) is 6.72. The quantitative estimate of drug-likeness (QED) is 0.626. The van der Waals surface area contributed by atoms with Crippen LogP contribution < -0.4 is 0 Å². The molecule has 1 aliphatic carbocycles. The topological polar surface area (TPSA) is 40.5 Å². The van der Waals surface area contributed by atoms with E-state index < -0.39 is 0 Å². The number of hydrogen-bond donors (Lipinski definition) is 2. The van der Waals surface area contributed by atoms with E-state index in [1.807, 2.05) is 39.0 Å². The summed E-state index contributed by atoms with van der Waals surface area (Å²) in [6.07, 6.45) is 8.37. The zero-order valence-electron chi connectivity index (χ0n) is 9.62. The fourth-order valence-corrected chi connectivity index (χ4v) is 0.717. The highest BCUT2D eigenvalue weighted by Crippen LogP contribution is 2.10. The first-order valence-electron chi connectivity index (χ1n) is 5.05. The molecule has 1 aliphatic rings. The van der Waals surface area contributed by atoms with Crippen molar-refractivity contribution >= 4 is 0 Å². The summed E-state index contributed by atoms with van der Waals surface area (Å²) in [7, 11) is 0. The van der Waals surface area contributed by atoms with E-state index in [0.29, 0.717) is 5.76 Å². The summed E-state index contributed by atoms with van der Waals surface area (Å²) in [4.78, 5) is 0. The lowest BCUT2D eigenvalue weighted by atomic mass is 10.2. The Morgan fingerprint density at radius 3 is 2.29 bits per heavy atom. The maximum absolute atomic E-state index is 9.11. The molecule has 1 rings (SSSR count). The van der Waals surface area contributed by atoms with E-state index in [9.17, 15) is 0 Å². The third-order valence-corrected chi connectivity index (χ3v) is 1.36. The van der Waals surface area contributed by atoms with Gasteiger partial charge in [0.05, 0.1) is 0 Å². The number of aliphatic hydroxyl groups is 2. The second-order valence-electron chi connectivity index (χ2n) is 2.47.